The molecule has 0 saturated carbocycles. The van der Waals surface area contributed by atoms with E-state index in [1.54, 1.807) is 0 Å². The topological polar surface area (TPSA) is 53.5 Å². The maximum absolute atomic E-state index is 4.99. The molecule has 0 aliphatic rings. The monoisotopic (exact) mass is 830 g/mol. The van der Waals surface area contributed by atoms with E-state index in [1.165, 1.54) is 16.5 Å². The fraction of sp³-hybridized carbons (Fsp3) is 0.140. The first-order valence-electron chi connectivity index (χ1n) is 19.4. The Hall–Kier alpha value is -6.13. The molecule has 0 fully saturated rings. The first-order valence-corrected chi connectivity index (χ1v) is 19.4. The Labute approximate surface area is 346 Å². The molecule has 280 valence electrons. The van der Waals surface area contributed by atoms with Crippen LogP contribution < -0.4 is 0 Å². The van der Waals surface area contributed by atoms with Gasteiger partial charge in [0, 0.05) is 28.5 Å². The van der Waals surface area contributed by atoms with Crippen molar-refractivity contribution < 1.29 is 20.4 Å². The van der Waals surface area contributed by atoms with Crippen molar-refractivity contribution in [2.75, 3.05) is 0 Å². The second-order valence-corrected chi connectivity index (χ2v) is 15.2. The molecule has 7 heteroatoms. The van der Waals surface area contributed by atoms with Gasteiger partial charge in [-0.3, -0.25) is 0 Å². The Kier molecular flexibility index (Phi) is 9.24. The molecule has 4 aromatic heterocycles. The van der Waals surface area contributed by atoms with Gasteiger partial charge in [0.15, 0.2) is 5.82 Å². The first kappa shape index (κ1) is 36.5. The van der Waals surface area contributed by atoms with E-state index in [4.69, 9.17) is 15.2 Å². The van der Waals surface area contributed by atoms with E-state index in [0.717, 1.165) is 83.8 Å². The molecule has 0 radical (unpaired) electrons. The molecular weight excluding hydrogens is 791 g/mol. The minimum atomic E-state index is 0. The smallest absolute Gasteiger partial charge is 0.352 e. The zero-order chi connectivity index (χ0) is 38.1. The molecule has 0 aliphatic carbocycles. The van der Waals surface area contributed by atoms with Crippen LogP contribution in [0.2, 0.25) is 0 Å². The van der Waals surface area contributed by atoms with Crippen LogP contribution >= 0.6 is 0 Å². The fourth-order valence-electron chi connectivity index (χ4n) is 8.46. The molecule has 10 rings (SSSR count). The number of hydrogen-bond donors (Lipinski definition) is 0. The van der Waals surface area contributed by atoms with Gasteiger partial charge in [0.1, 0.15) is 5.82 Å². The van der Waals surface area contributed by atoms with Crippen LogP contribution in [-0.4, -0.2) is 28.9 Å². The summed E-state index contributed by atoms with van der Waals surface area (Å²) in [4.78, 5) is 4.78. The van der Waals surface area contributed by atoms with Crippen molar-refractivity contribution in [3.05, 3.63) is 168 Å². The molecule has 0 aliphatic heterocycles. The van der Waals surface area contributed by atoms with Crippen LogP contribution in [-0.2, 0) is 20.4 Å². The van der Waals surface area contributed by atoms with Crippen LogP contribution in [0.25, 0.3) is 83.6 Å². The number of fused-ring (bicyclic) bond motifs is 6. The summed E-state index contributed by atoms with van der Waals surface area (Å²) in [5.74, 6) is 3.00. The Morgan fingerprint density at radius 2 is 1.12 bits per heavy atom. The SMILES string of the molecule is Cc1ccccc1-c1nnc(-c2[c-]c(-n3c4[c-]c5c(cc4c4ccccc43)c3ccccc3n5-c3ccccn3)ccc2)n1-c1c(C(C)C)cccc1C(C)C.[Pd+2]. The van der Waals surface area contributed by atoms with Crippen LogP contribution in [0.5, 0.6) is 0 Å². The van der Waals surface area contributed by atoms with Gasteiger partial charge in [0.25, 0.3) is 0 Å². The molecule has 57 heavy (non-hydrogen) atoms. The zero-order valence-corrected chi connectivity index (χ0v) is 34.0. The third kappa shape index (κ3) is 5.84. The van der Waals surface area contributed by atoms with Crippen molar-refractivity contribution in [3.8, 4) is 40.0 Å². The molecular formula is C50H40N6Pd. The van der Waals surface area contributed by atoms with E-state index < -0.39 is 0 Å². The average Bonchev–Trinajstić information content (AvgIpc) is 3.90. The van der Waals surface area contributed by atoms with Gasteiger partial charge < -0.3 is 13.7 Å². The van der Waals surface area contributed by atoms with Gasteiger partial charge in [-0.05, 0) is 76.2 Å². The largest absolute Gasteiger partial charge is 2.00 e. The molecule has 0 unspecified atom stereocenters. The quantitative estimate of drug-likeness (QED) is 0.119. The zero-order valence-electron chi connectivity index (χ0n) is 32.4. The summed E-state index contributed by atoms with van der Waals surface area (Å²) in [6.45, 7) is 11.2. The van der Waals surface area contributed by atoms with Gasteiger partial charge in [-0.1, -0.05) is 124 Å². The Morgan fingerprint density at radius 3 is 1.79 bits per heavy atom. The summed E-state index contributed by atoms with van der Waals surface area (Å²) in [5, 5.41) is 14.6. The van der Waals surface area contributed by atoms with Gasteiger partial charge in [0.2, 0.25) is 0 Å². The Bertz CT molecular complexity index is 3090. The summed E-state index contributed by atoms with van der Waals surface area (Å²) >= 11 is 0. The van der Waals surface area contributed by atoms with E-state index in [1.807, 2.05) is 18.3 Å². The Balaban J connectivity index is 0.00000422. The van der Waals surface area contributed by atoms with E-state index in [2.05, 4.69) is 182 Å². The number of aryl methyl sites for hydroxylation is 1. The molecule has 6 nitrogen and oxygen atoms in total. The summed E-state index contributed by atoms with van der Waals surface area (Å²) < 4.78 is 6.80. The van der Waals surface area contributed by atoms with E-state index >= 15 is 0 Å². The van der Waals surface area contributed by atoms with E-state index in [0.29, 0.717) is 0 Å². The van der Waals surface area contributed by atoms with Crippen LogP contribution in [0.3, 0.4) is 0 Å². The number of pyridine rings is 1. The number of hydrogen-bond acceptors (Lipinski definition) is 3. The van der Waals surface area contributed by atoms with E-state index in [9.17, 15) is 0 Å². The molecule has 4 heterocycles. The maximum atomic E-state index is 4.99. The second-order valence-electron chi connectivity index (χ2n) is 15.2. The molecule has 0 saturated heterocycles. The van der Waals surface area contributed by atoms with Crippen molar-refractivity contribution in [1.29, 1.82) is 0 Å². The first-order chi connectivity index (χ1) is 27.4. The molecule has 0 bridgehead atoms. The minimum Gasteiger partial charge on any atom is -0.352 e. The van der Waals surface area contributed by atoms with Gasteiger partial charge in [-0.15, -0.1) is 51.8 Å². The minimum absolute atomic E-state index is 0. The third-order valence-corrected chi connectivity index (χ3v) is 11.1. The van der Waals surface area contributed by atoms with Crippen LogP contribution in [0, 0.1) is 19.1 Å². The third-order valence-electron chi connectivity index (χ3n) is 11.1. The fourth-order valence-corrected chi connectivity index (χ4v) is 8.46. The number of benzene rings is 6. The Morgan fingerprint density at radius 1 is 0.526 bits per heavy atom. The summed E-state index contributed by atoms with van der Waals surface area (Å²) in [6.07, 6.45) is 1.85. The van der Waals surface area contributed by atoms with Crippen molar-refractivity contribution in [2.24, 2.45) is 0 Å². The normalized spacial score (nSPS) is 11.8. The van der Waals surface area contributed by atoms with Crippen molar-refractivity contribution in [3.63, 3.8) is 0 Å². The predicted octanol–water partition coefficient (Wildman–Crippen LogP) is 12.3. The standard InChI is InChI=1S/C50H40N6.Pd/c1-31(2)36-22-15-23-37(32(3)4)48(36)56-49(52-53-50(56)38-19-7-6-16-33(38)5)34-17-14-18-35(28-34)54-43-24-10-8-20-39(43)41-29-42-40-21-9-11-25-44(40)55(46(42)30-45(41)54)47-26-12-13-27-51-47;/h6-27,29,31-32H,1-5H3;/q-2;+2. The van der Waals surface area contributed by atoms with Crippen molar-refractivity contribution in [1.82, 2.24) is 28.9 Å². The molecule has 0 amide bonds. The molecule has 0 atom stereocenters. The van der Waals surface area contributed by atoms with Gasteiger partial charge in [-0.25, -0.2) is 4.98 Å². The predicted molar refractivity (Wildman–Crippen MR) is 229 cm³/mol. The summed E-state index contributed by atoms with van der Waals surface area (Å²) in [5.41, 5.74) is 11.8. The van der Waals surface area contributed by atoms with Crippen LogP contribution in [0.1, 0.15) is 56.2 Å². The number of nitrogens with zero attached hydrogens (tertiary/aromatic N) is 6. The van der Waals surface area contributed by atoms with Crippen LogP contribution in [0.15, 0.2) is 140 Å². The molecule has 6 aromatic carbocycles. The van der Waals surface area contributed by atoms with Gasteiger partial charge in [0.05, 0.1) is 5.82 Å². The summed E-state index contributed by atoms with van der Waals surface area (Å²) in [6, 6.07) is 54.8. The average molecular weight is 831 g/mol. The number of rotatable bonds is 7. The van der Waals surface area contributed by atoms with Gasteiger partial charge in [-0.2, -0.15) is 11.2 Å². The molecule has 10 aromatic rings. The van der Waals surface area contributed by atoms with E-state index in [-0.39, 0.29) is 32.3 Å². The maximum Gasteiger partial charge on any atom is 2.00 e. The number of aromatic nitrogens is 6. The van der Waals surface area contributed by atoms with Crippen molar-refractivity contribution in [2.45, 2.75) is 46.5 Å². The summed E-state index contributed by atoms with van der Waals surface area (Å²) in [7, 11) is 0. The second kappa shape index (κ2) is 14.4. The number of para-hydroxylation sites is 3. The van der Waals surface area contributed by atoms with Crippen molar-refractivity contribution >= 4 is 43.6 Å². The molecule has 0 N–H and O–H groups in total. The van der Waals surface area contributed by atoms with Crippen LogP contribution in [0.4, 0.5) is 0 Å². The molecule has 0 spiro atoms. The van der Waals surface area contributed by atoms with Gasteiger partial charge >= 0.3 is 20.4 Å².